The van der Waals surface area contributed by atoms with Gasteiger partial charge in [0.2, 0.25) is 16.8 Å². The summed E-state index contributed by atoms with van der Waals surface area (Å²) in [5.41, 5.74) is -0.320. The van der Waals surface area contributed by atoms with Crippen LogP contribution in [0.1, 0.15) is 20.7 Å². The van der Waals surface area contributed by atoms with Crippen molar-refractivity contribution in [2.45, 2.75) is 4.90 Å². The standard InChI is InChI=1S/C17H13FN2O6S/c18-12-3-1-2-11-15(12)17(22)20(16(11)21)7-6-19-27(23,24)10-4-5-13-14(8-10)26-9-25-13/h1-5,8,19H,6-7,9H2. The van der Waals surface area contributed by atoms with Crippen LogP contribution in [0.4, 0.5) is 4.39 Å². The van der Waals surface area contributed by atoms with Crippen molar-refractivity contribution in [2.24, 2.45) is 0 Å². The molecule has 0 aliphatic carbocycles. The van der Waals surface area contributed by atoms with Gasteiger partial charge in [0, 0.05) is 19.2 Å². The summed E-state index contributed by atoms with van der Waals surface area (Å²) in [6, 6.07) is 7.94. The summed E-state index contributed by atoms with van der Waals surface area (Å²) >= 11 is 0. The number of hydrogen-bond acceptors (Lipinski definition) is 6. The first kappa shape index (κ1) is 17.4. The topological polar surface area (TPSA) is 102 Å². The average molecular weight is 392 g/mol. The van der Waals surface area contributed by atoms with E-state index in [4.69, 9.17) is 9.47 Å². The number of rotatable bonds is 5. The third-order valence-corrected chi connectivity index (χ3v) is 5.69. The molecular formula is C17H13FN2O6S. The number of benzene rings is 2. The molecule has 0 radical (unpaired) electrons. The van der Waals surface area contributed by atoms with Crippen molar-refractivity contribution < 1.29 is 31.9 Å². The highest BCUT2D eigenvalue weighted by Gasteiger charge is 2.37. The van der Waals surface area contributed by atoms with Gasteiger partial charge in [-0.1, -0.05) is 6.07 Å². The largest absolute Gasteiger partial charge is 0.454 e. The average Bonchev–Trinajstić information content (AvgIpc) is 3.20. The second kappa shape index (κ2) is 6.32. The highest BCUT2D eigenvalue weighted by molar-refractivity contribution is 7.89. The van der Waals surface area contributed by atoms with E-state index in [1.54, 1.807) is 0 Å². The minimum absolute atomic E-state index is 0.0164. The maximum absolute atomic E-state index is 13.8. The molecule has 0 saturated carbocycles. The number of sulfonamides is 1. The number of hydrogen-bond donors (Lipinski definition) is 1. The molecule has 0 saturated heterocycles. The molecule has 2 aromatic rings. The van der Waals surface area contributed by atoms with Crippen molar-refractivity contribution >= 4 is 21.8 Å². The lowest BCUT2D eigenvalue weighted by molar-refractivity contribution is 0.0656. The molecule has 10 heteroatoms. The van der Waals surface area contributed by atoms with Crippen molar-refractivity contribution in [3.63, 3.8) is 0 Å². The number of ether oxygens (including phenoxy) is 2. The number of amides is 2. The lowest BCUT2D eigenvalue weighted by atomic mass is 10.1. The van der Waals surface area contributed by atoms with Crippen molar-refractivity contribution in [2.75, 3.05) is 19.9 Å². The predicted octanol–water partition coefficient (Wildman–Crippen LogP) is 1.13. The first-order chi connectivity index (χ1) is 12.9. The zero-order valence-electron chi connectivity index (χ0n) is 13.8. The van der Waals surface area contributed by atoms with E-state index >= 15 is 0 Å². The lowest BCUT2D eigenvalue weighted by Crippen LogP contribution is -2.38. The summed E-state index contributed by atoms with van der Waals surface area (Å²) in [5, 5.41) is 0. The van der Waals surface area contributed by atoms with Crippen LogP contribution in [0.5, 0.6) is 11.5 Å². The molecule has 2 heterocycles. The van der Waals surface area contributed by atoms with Crippen LogP contribution in [0.25, 0.3) is 0 Å². The van der Waals surface area contributed by atoms with Crippen LogP contribution in [0.15, 0.2) is 41.3 Å². The van der Waals surface area contributed by atoms with E-state index in [9.17, 15) is 22.4 Å². The minimum atomic E-state index is -3.89. The Morgan fingerprint density at radius 1 is 1.07 bits per heavy atom. The zero-order valence-corrected chi connectivity index (χ0v) is 14.6. The maximum atomic E-state index is 13.8. The predicted molar refractivity (Wildman–Crippen MR) is 89.5 cm³/mol. The van der Waals surface area contributed by atoms with Crippen LogP contribution >= 0.6 is 0 Å². The van der Waals surface area contributed by atoms with E-state index < -0.39 is 27.7 Å². The van der Waals surface area contributed by atoms with Gasteiger partial charge in [0.15, 0.2) is 11.5 Å². The van der Waals surface area contributed by atoms with Crippen LogP contribution in [-0.2, 0) is 10.0 Å². The number of imide groups is 1. The number of nitrogens with zero attached hydrogens (tertiary/aromatic N) is 1. The van der Waals surface area contributed by atoms with Gasteiger partial charge in [0.25, 0.3) is 11.8 Å². The van der Waals surface area contributed by atoms with Gasteiger partial charge in [-0.2, -0.15) is 0 Å². The van der Waals surface area contributed by atoms with E-state index in [-0.39, 0.29) is 35.9 Å². The Labute approximate surface area is 153 Å². The van der Waals surface area contributed by atoms with E-state index in [0.29, 0.717) is 11.5 Å². The Balaban J connectivity index is 1.45. The molecule has 2 amide bonds. The minimum Gasteiger partial charge on any atom is -0.454 e. The van der Waals surface area contributed by atoms with Crippen LogP contribution in [0.3, 0.4) is 0 Å². The molecule has 0 atom stereocenters. The molecule has 0 unspecified atom stereocenters. The maximum Gasteiger partial charge on any atom is 0.264 e. The lowest BCUT2D eigenvalue weighted by Gasteiger charge is -2.14. The molecule has 2 aliphatic rings. The zero-order chi connectivity index (χ0) is 19.2. The summed E-state index contributed by atoms with van der Waals surface area (Å²) < 4.78 is 51.2. The van der Waals surface area contributed by atoms with E-state index in [2.05, 4.69) is 4.72 Å². The van der Waals surface area contributed by atoms with Gasteiger partial charge in [-0.15, -0.1) is 0 Å². The Kier molecular flexibility index (Phi) is 4.08. The second-order valence-corrected chi connectivity index (χ2v) is 7.60. The number of nitrogens with one attached hydrogen (secondary N) is 1. The van der Waals surface area contributed by atoms with E-state index in [0.717, 1.165) is 11.0 Å². The molecule has 27 heavy (non-hydrogen) atoms. The van der Waals surface area contributed by atoms with Crippen molar-refractivity contribution in [3.05, 3.63) is 53.3 Å². The highest BCUT2D eigenvalue weighted by atomic mass is 32.2. The molecule has 140 valence electrons. The number of carbonyl (C=O) groups is 2. The third kappa shape index (κ3) is 2.92. The molecule has 0 fully saturated rings. The van der Waals surface area contributed by atoms with Gasteiger partial charge >= 0.3 is 0 Å². The Morgan fingerprint density at radius 3 is 2.63 bits per heavy atom. The fourth-order valence-corrected chi connectivity index (χ4v) is 3.95. The fraction of sp³-hybridized carbons (Fsp3) is 0.176. The molecule has 8 nitrogen and oxygen atoms in total. The Morgan fingerprint density at radius 2 is 1.85 bits per heavy atom. The van der Waals surface area contributed by atoms with Crippen LogP contribution in [0.2, 0.25) is 0 Å². The Bertz CT molecular complexity index is 1070. The molecule has 2 aliphatic heterocycles. The third-order valence-electron chi connectivity index (χ3n) is 4.23. The van der Waals surface area contributed by atoms with Crippen molar-refractivity contribution in [1.82, 2.24) is 9.62 Å². The van der Waals surface area contributed by atoms with Gasteiger partial charge in [-0.3, -0.25) is 14.5 Å². The molecule has 4 rings (SSSR count). The Hall–Kier alpha value is -2.98. The molecule has 2 aromatic carbocycles. The van der Waals surface area contributed by atoms with Crippen molar-refractivity contribution in [1.29, 1.82) is 0 Å². The summed E-state index contributed by atoms with van der Waals surface area (Å²) in [6.45, 7) is -0.429. The van der Waals surface area contributed by atoms with Crippen LogP contribution in [-0.4, -0.2) is 45.0 Å². The van der Waals surface area contributed by atoms with Gasteiger partial charge in [0.1, 0.15) is 5.82 Å². The van der Waals surface area contributed by atoms with Gasteiger partial charge < -0.3 is 9.47 Å². The van der Waals surface area contributed by atoms with Crippen LogP contribution < -0.4 is 14.2 Å². The fourth-order valence-electron chi connectivity index (χ4n) is 2.91. The first-order valence-electron chi connectivity index (χ1n) is 7.92. The summed E-state index contributed by atoms with van der Waals surface area (Å²) in [7, 11) is -3.89. The first-order valence-corrected chi connectivity index (χ1v) is 9.41. The second-order valence-electron chi connectivity index (χ2n) is 5.84. The summed E-state index contributed by atoms with van der Waals surface area (Å²) in [4.78, 5) is 25.3. The van der Waals surface area contributed by atoms with Crippen LogP contribution in [0, 0.1) is 5.82 Å². The van der Waals surface area contributed by atoms with Gasteiger partial charge in [-0.05, 0) is 24.3 Å². The van der Waals surface area contributed by atoms with Gasteiger partial charge in [-0.25, -0.2) is 17.5 Å². The van der Waals surface area contributed by atoms with Gasteiger partial charge in [0.05, 0.1) is 16.0 Å². The monoisotopic (exact) mass is 392 g/mol. The molecular weight excluding hydrogens is 379 g/mol. The number of halogens is 1. The summed E-state index contributed by atoms with van der Waals surface area (Å²) in [5.74, 6) is -1.46. The smallest absolute Gasteiger partial charge is 0.264 e. The molecule has 0 spiro atoms. The molecule has 0 bridgehead atoms. The number of fused-ring (bicyclic) bond motifs is 2. The van der Waals surface area contributed by atoms with E-state index in [1.165, 1.54) is 30.3 Å². The summed E-state index contributed by atoms with van der Waals surface area (Å²) in [6.07, 6.45) is 0. The highest BCUT2D eigenvalue weighted by Crippen LogP contribution is 2.33. The normalized spacial score (nSPS) is 15.4. The van der Waals surface area contributed by atoms with Crippen molar-refractivity contribution in [3.8, 4) is 11.5 Å². The number of carbonyl (C=O) groups excluding carboxylic acids is 2. The molecule has 1 N–H and O–H groups in total. The SMILES string of the molecule is O=C1c2cccc(F)c2C(=O)N1CCNS(=O)(=O)c1ccc2c(c1)OCO2. The van der Waals surface area contributed by atoms with E-state index in [1.807, 2.05) is 0 Å². The quantitative estimate of drug-likeness (QED) is 0.766. The molecule has 0 aromatic heterocycles.